The number of benzene rings is 1. The summed E-state index contributed by atoms with van der Waals surface area (Å²) in [5.74, 6) is 0.0914. The molecule has 0 bridgehead atoms. The molecule has 1 saturated heterocycles. The average Bonchev–Trinajstić information content (AvgIpc) is 2.47. The maximum Gasteiger partial charge on any atom is 0.234 e. The van der Waals surface area contributed by atoms with E-state index in [2.05, 4.69) is 47.2 Å². The van der Waals surface area contributed by atoms with E-state index >= 15 is 0 Å². The first-order valence-electron chi connectivity index (χ1n) is 8.84. The highest BCUT2D eigenvalue weighted by Crippen LogP contribution is 2.18. The molecule has 0 saturated carbocycles. The molecule has 1 amide bonds. The van der Waals surface area contributed by atoms with Crippen LogP contribution in [0.5, 0.6) is 0 Å². The number of hydrogen-bond acceptors (Lipinski definition) is 4. The molecule has 1 aromatic carbocycles. The van der Waals surface area contributed by atoms with Crippen molar-refractivity contribution in [2.45, 2.75) is 39.8 Å². The summed E-state index contributed by atoms with van der Waals surface area (Å²) < 4.78 is 0. The number of hydrogen-bond donors (Lipinski definition) is 2. The quantitative estimate of drug-likeness (QED) is 0.828. The van der Waals surface area contributed by atoms with Crippen LogP contribution in [0, 0.1) is 13.8 Å². The second-order valence-corrected chi connectivity index (χ2v) is 7.24. The van der Waals surface area contributed by atoms with Gasteiger partial charge in [-0.1, -0.05) is 29.3 Å². The summed E-state index contributed by atoms with van der Waals surface area (Å²) in [5.41, 5.74) is 3.36. The van der Waals surface area contributed by atoms with Gasteiger partial charge in [-0.25, -0.2) is 0 Å². The smallest absolute Gasteiger partial charge is 0.234 e. The highest BCUT2D eigenvalue weighted by Gasteiger charge is 2.21. The van der Waals surface area contributed by atoms with E-state index in [-0.39, 0.29) is 11.9 Å². The predicted octanol–water partition coefficient (Wildman–Crippen LogP) is 1.48. The van der Waals surface area contributed by atoms with Crippen LogP contribution in [0.1, 0.15) is 36.6 Å². The van der Waals surface area contributed by atoms with E-state index in [1.165, 1.54) is 11.1 Å². The normalized spacial score (nSPS) is 17.9. The van der Waals surface area contributed by atoms with E-state index in [1.807, 2.05) is 13.8 Å². The molecular weight excluding hydrogens is 302 g/mol. The summed E-state index contributed by atoms with van der Waals surface area (Å²) in [7, 11) is 0. The highest BCUT2D eigenvalue weighted by atomic mass is 16.3. The molecule has 1 heterocycles. The van der Waals surface area contributed by atoms with Gasteiger partial charge >= 0.3 is 0 Å². The molecule has 24 heavy (non-hydrogen) atoms. The Kier molecular flexibility index (Phi) is 6.78. The van der Waals surface area contributed by atoms with E-state index in [9.17, 15) is 9.90 Å². The number of aliphatic hydroxyl groups is 1. The number of carbonyl (C=O) groups is 1. The van der Waals surface area contributed by atoms with Crippen molar-refractivity contribution in [3.05, 3.63) is 34.9 Å². The van der Waals surface area contributed by atoms with Crippen LogP contribution in [0.3, 0.4) is 0 Å². The maximum absolute atomic E-state index is 11.8. The van der Waals surface area contributed by atoms with Gasteiger partial charge in [0.15, 0.2) is 0 Å². The largest absolute Gasteiger partial charge is 0.387 e. The fourth-order valence-electron chi connectivity index (χ4n) is 3.25. The number of nitrogens with one attached hydrogen (secondary N) is 1. The molecular formula is C19H31N3O2. The number of β-amino-alcohol motifs (C(OH)–C–C–N with tert-alkyl or cyclic N) is 1. The Balaban J connectivity index is 1.79. The summed E-state index contributed by atoms with van der Waals surface area (Å²) in [6.45, 7) is 12.7. The summed E-state index contributed by atoms with van der Waals surface area (Å²) >= 11 is 0. The fraction of sp³-hybridized carbons (Fsp3) is 0.632. The standard InChI is InChI=1S/C19H31N3O2/c1-14(2)20-19(24)13-22-7-5-21(6-8-22)12-18(23)17-10-15(3)9-16(4)11-17/h9-11,14,18,23H,5-8,12-13H2,1-4H3,(H,20,24). The van der Waals surface area contributed by atoms with Crippen LogP contribution in [0.15, 0.2) is 18.2 Å². The van der Waals surface area contributed by atoms with Gasteiger partial charge < -0.3 is 10.4 Å². The first kappa shape index (κ1) is 18.9. The zero-order chi connectivity index (χ0) is 17.7. The van der Waals surface area contributed by atoms with Gasteiger partial charge in [0.1, 0.15) is 0 Å². The minimum atomic E-state index is -0.459. The molecule has 5 heteroatoms. The molecule has 1 aliphatic heterocycles. The Bertz CT molecular complexity index is 531. The van der Waals surface area contributed by atoms with Gasteiger partial charge in [0.25, 0.3) is 0 Å². The van der Waals surface area contributed by atoms with Gasteiger partial charge in [-0.05, 0) is 33.3 Å². The number of rotatable bonds is 6. The van der Waals surface area contributed by atoms with Crippen molar-refractivity contribution < 1.29 is 9.90 Å². The third-order valence-electron chi connectivity index (χ3n) is 4.34. The van der Waals surface area contributed by atoms with Crippen molar-refractivity contribution in [2.75, 3.05) is 39.3 Å². The molecule has 0 aliphatic carbocycles. The Morgan fingerprint density at radius 1 is 1.08 bits per heavy atom. The second-order valence-electron chi connectivity index (χ2n) is 7.24. The summed E-state index contributed by atoms with van der Waals surface area (Å²) in [5, 5.41) is 13.4. The SMILES string of the molecule is Cc1cc(C)cc(C(O)CN2CCN(CC(=O)NC(C)C)CC2)c1. The van der Waals surface area contributed by atoms with Crippen LogP contribution in [0.2, 0.25) is 0 Å². The second kappa shape index (κ2) is 8.60. The van der Waals surface area contributed by atoms with Crippen molar-refractivity contribution in [1.82, 2.24) is 15.1 Å². The predicted molar refractivity (Wildman–Crippen MR) is 97.0 cm³/mol. The van der Waals surface area contributed by atoms with E-state index in [0.29, 0.717) is 13.1 Å². The van der Waals surface area contributed by atoms with Gasteiger partial charge in [-0.2, -0.15) is 0 Å². The van der Waals surface area contributed by atoms with Crippen LogP contribution in [0.25, 0.3) is 0 Å². The Morgan fingerprint density at radius 3 is 2.17 bits per heavy atom. The van der Waals surface area contributed by atoms with Crippen LogP contribution in [-0.4, -0.2) is 66.1 Å². The molecule has 1 unspecified atom stereocenters. The Labute approximate surface area is 145 Å². The first-order chi connectivity index (χ1) is 11.3. The van der Waals surface area contributed by atoms with Crippen LogP contribution < -0.4 is 5.32 Å². The number of piperazine rings is 1. The molecule has 5 nitrogen and oxygen atoms in total. The molecule has 1 atom stereocenters. The van der Waals surface area contributed by atoms with Gasteiger partial charge in [0, 0.05) is 38.8 Å². The number of nitrogens with zero attached hydrogens (tertiary/aromatic N) is 2. The zero-order valence-corrected chi connectivity index (χ0v) is 15.4. The average molecular weight is 333 g/mol. The van der Waals surface area contributed by atoms with Crippen molar-refractivity contribution in [1.29, 1.82) is 0 Å². The maximum atomic E-state index is 11.8. The molecule has 0 spiro atoms. The van der Waals surface area contributed by atoms with Gasteiger partial charge in [-0.15, -0.1) is 0 Å². The van der Waals surface area contributed by atoms with Gasteiger partial charge in [-0.3, -0.25) is 14.6 Å². The van der Waals surface area contributed by atoms with E-state index in [0.717, 1.165) is 31.7 Å². The zero-order valence-electron chi connectivity index (χ0n) is 15.4. The van der Waals surface area contributed by atoms with Crippen molar-refractivity contribution >= 4 is 5.91 Å². The lowest BCUT2D eigenvalue weighted by Gasteiger charge is -2.35. The molecule has 0 aromatic heterocycles. The lowest BCUT2D eigenvalue weighted by Crippen LogP contribution is -2.50. The molecule has 1 aromatic rings. The van der Waals surface area contributed by atoms with E-state index < -0.39 is 6.10 Å². The fourth-order valence-corrected chi connectivity index (χ4v) is 3.25. The van der Waals surface area contributed by atoms with Crippen molar-refractivity contribution in [2.24, 2.45) is 0 Å². The molecule has 0 radical (unpaired) electrons. The van der Waals surface area contributed by atoms with E-state index in [1.54, 1.807) is 0 Å². The molecule has 1 fully saturated rings. The van der Waals surface area contributed by atoms with Crippen molar-refractivity contribution in [3.8, 4) is 0 Å². The summed E-state index contributed by atoms with van der Waals surface area (Å²) in [4.78, 5) is 16.3. The Morgan fingerprint density at radius 2 is 1.62 bits per heavy atom. The number of aliphatic hydroxyl groups excluding tert-OH is 1. The van der Waals surface area contributed by atoms with Crippen LogP contribution in [-0.2, 0) is 4.79 Å². The van der Waals surface area contributed by atoms with Crippen LogP contribution >= 0.6 is 0 Å². The van der Waals surface area contributed by atoms with Gasteiger partial charge in [0.05, 0.1) is 12.6 Å². The monoisotopic (exact) mass is 333 g/mol. The third-order valence-corrected chi connectivity index (χ3v) is 4.34. The molecule has 2 N–H and O–H groups in total. The number of carbonyl (C=O) groups excluding carboxylic acids is 1. The highest BCUT2D eigenvalue weighted by molar-refractivity contribution is 5.78. The summed E-state index contributed by atoms with van der Waals surface area (Å²) in [6, 6.07) is 6.43. The lowest BCUT2D eigenvalue weighted by molar-refractivity contribution is -0.123. The Hall–Kier alpha value is -1.43. The lowest BCUT2D eigenvalue weighted by atomic mass is 10.0. The number of amides is 1. The van der Waals surface area contributed by atoms with E-state index in [4.69, 9.17) is 0 Å². The van der Waals surface area contributed by atoms with Crippen molar-refractivity contribution in [3.63, 3.8) is 0 Å². The first-order valence-corrected chi connectivity index (χ1v) is 8.84. The summed E-state index contributed by atoms with van der Waals surface area (Å²) in [6.07, 6.45) is -0.459. The minimum absolute atomic E-state index is 0.0914. The minimum Gasteiger partial charge on any atom is -0.387 e. The number of aryl methyl sites for hydroxylation is 2. The molecule has 134 valence electrons. The molecule has 1 aliphatic rings. The molecule has 2 rings (SSSR count). The van der Waals surface area contributed by atoms with Crippen LogP contribution in [0.4, 0.5) is 0 Å². The van der Waals surface area contributed by atoms with Gasteiger partial charge in [0.2, 0.25) is 5.91 Å². The topological polar surface area (TPSA) is 55.8 Å². The third kappa shape index (κ3) is 5.89.